The minimum absolute atomic E-state index is 0.124. The molecule has 2 heterocycles. The highest BCUT2D eigenvalue weighted by Gasteiger charge is 2.16. The fourth-order valence-corrected chi connectivity index (χ4v) is 2.34. The van der Waals surface area contributed by atoms with Crippen molar-refractivity contribution in [2.75, 3.05) is 30.7 Å². The molecule has 6 heteroatoms. The Kier molecular flexibility index (Phi) is 4.54. The molecule has 1 saturated heterocycles. The molecule has 1 fully saturated rings. The first-order chi connectivity index (χ1) is 9.22. The van der Waals surface area contributed by atoms with Crippen molar-refractivity contribution in [2.24, 2.45) is 0 Å². The van der Waals surface area contributed by atoms with E-state index in [4.69, 9.17) is 5.73 Å². The molecule has 1 aliphatic heterocycles. The van der Waals surface area contributed by atoms with E-state index in [-0.39, 0.29) is 12.5 Å². The monoisotopic (exact) mass is 263 g/mol. The average molecular weight is 263 g/mol. The molecule has 0 aliphatic carbocycles. The largest absolute Gasteiger partial charge is 0.383 e. The van der Waals surface area contributed by atoms with Gasteiger partial charge in [0.05, 0.1) is 6.54 Å². The number of carbonyl (C=O) groups excluding carboxylic acids is 1. The Bertz CT molecular complexity index is 443. The minimum Gasteiger partial charge on any atom is -0.383 e. The second kappa shape index (κ2) is 6.36. The quantitative estimate of drug-likeness (QED) is 0.848. The van der Waals surface area contributed by atoms with Crippen LogP contribution >= 0.6 is 0 Å². The molecule has 1 amide bonds. The summed E-state index contributed by atoms with van der Waals surface area (Å²) in [4.78, 5) is 22.1. The second-order valence-corrected chi connectivity index (χ2v) is 4.73. The van der Waals surface area contributed by atoms with Gasteiger partial charge in [0, 0.05) is 18.7 Å². The summed E-state index contributed by atoms with van der Waals surface area (Å²) in [7, 11) is 0. The summed E-state index contributed by atoms with van der Waals surface area (Å²) >= 11 is 0. The Labute approximate surface area is 113 Å². The first-order valence-corrected chi connectivity index (χ1v) is 6.83. The maximum atomic E-state index is 12.0. The molecule has 0 radical (unpaired) electrons. The fourth-order valence-electron chi connectivity index (χ4n) is 2.34. The van der Waals surface area contributed by atoms with Crippen LogP contribution in [0.15, 0.2) is 6.33 Å². The molecule has 6 nitrogen and oxygen atoms in total. The number of rotatable bonds is 4. The van der Waals surface area contributed by atoms with Crippen LogP contribution in [-0.4, -0.2) is 40.4 Å². The number of nitrogens with two attached hydrogens (primary N) is 1. The molecule has 1 aromatic rings. The SMILES string of the molecule is CCc1c(N)ncnc1NCC(=O)N1CCCCC1. The lowest BCUT2D eigenvalue weighted by molar-refractivity contribution is -0.130. The van der Waals surface area contributed by atoms with Gasteiger partial charge in [0.15, 0.2) is 0 Å². The molecule has 0 saturated carbocycles. The zero-order valence-corrected chi connectivity index (χ0v) is 11.4. The maximum Gasteiger partial charge on any atom is 0.241 e. The number of nitrogens with one attached hydrogen (secondary N) is 1. The zero-order valence-electron chi connectivity index (χ0n) is 11.4. The molecule has 1 aromatic heterocycles. The summed E-state index contributed by atoms with van der Waals surface area (Å²) in [5.41, 5.74) is 6.66. The van der Waals surface area contributed by atoms with Crippen LogP contribution < -0.4 is 11.1 Å². The molecule has 0 spiro atoms. The Hall–Kier alpha value is -1.85. The maximum absolute atomic E-state index is 12.0. The summed E-state index contributed by atoms with van der Waals surface area (Å²) in [5, 5.41) is 3.08. The number of carbonyl (C=O) groups is 1. The third-order valence-corrected chi connectivity index (χ3v) is 3.45. The van der Waals surface area contributed by atoms with Crippen LogP contribution in [0.5, 0.6) is 0 Å². The molecule has 0 bridgehead atoms. The van der Waals surface area contributed by atoms with E-state index in [2.05, 4.69) is 15.3 Å². The van der Waals surface area contributed by atoms with Gasteiger partial charge >= 0.3 is 0 Å². The van der Waals surface area contributed by atoms with Gasteiger partial charge in [-0.1, -0.05) is 6.92 Å². The zero-order chi connectivity index (χ0) is 13.7. The Morgan fingerprint density at radius 3 is 2.79 bits per heavy atom. The van der Waals surface area contributed by atoms with Gasteiger partial charge in [-0.3, -0.25) is 4.79 Å². The van der Waals surface area contributed by atoms with Gasteiger partial charge in [-0.2, -0.15) is 0 Å². The fraction of sp³-hybridized carbons (Fsp3) is 0.615. The van der Waals surface area contributed by atoms with E-state index in [9.17, 15) is 4.79 Å². The molecule has 2 rings (SSSR count). The van der Waals surface area contributed by atoms with Crippen LogP contribution in [0.2, 0.25) is 0 Å². The normalized spacial score (nSPS) is 15.3. The van der Waals surface area contributed by atoms with Gasteiger partial charge in [-0.15, -0.1) is 0 Å². The van der Waals surface area contributed by atoms with Crippen molar-refractivity contribution in [2.45, 2.75) is 32.6 Å². The molecule has 104 valence electrons. The molecular formula is C13H21N5O. The second-order valence-electron chi connectivity index (χ2n) is 4.73. The van der Waals surface area contributed by atoms with E-state index in [1.807, 2.05) is 11.8 Å². The molecule has 0 aromatic carbocycles. The summed E-state index contributed by atoms with van der Waals surface area (Å²) in [6, 6.07) is 0. The van der Waals surface area contributed by atoms with E-state index in [1.165, 1.54) is 12.7 Å². The molecule has 0 atom stereocenters. The standard InChI is InChI=1S/C13H21N5O/c1-2-10-12(14)16-9-17-13(10)15-8-11(19)18-6-4-3-5-7-18/h9H,2-8H2,1H3,(H3,14,15,16,17). The summed E-state index contributed by atoms with van der Waals surface area (Å²) < 4.78 is 0. The van der Waals surface area contributed by atoms with Crippen molar-refractivity contribution in [1.82, 2.24) is 14.9 Å². The predicted molar refractivity (Wildman–Crippen MR) is 74.7 cm³/mol. The number of nitrogen functional groups attached to an aromatic ring is 1. The van der Waals surface area contributed by atoms with Crippen molar-refractivity contribution in [3.8, 4) is 0 Å². The van der Waals surface area contributed by atoms with Crippen molar-refractivity contribution >= 4 is 17.5 Å². The molecular weight excluding hydrogens is 242 g/mol. The number of anilines is 2. The van der Waals surface area contributed by atoms with E-state index in [1.54, 1.807) is 0 Å². The highest BCUT2D eigenvalue weighted by Crippen LogP contribution is 2.17. The van der Waals surface area contributed by atoms with E-state index in [0.717, 1.165) is 37.9 Å². The van der Waals surface area contributed by atoms with Gasteiger partial charge in [0.2, 0.25) is 5.91 Å². The number of hydrogen-bond donors (Lipinski definition) is 2. The van der Waals surface area contributed by atoms with Crippen LogP contribution in [0.3, 0.4) is 0 Å². The average Bonchev–Trinajstić information content (AvgIpc) is 2.45. The van der Waals surface area contributed by atoms with Crippen LogP contribution in [0.1, 0.15) is 31.7 Å². The van der Waals surface area contributed by atoms with E-state index in [0.29, 0.717) is 11.6 Å². The summed E-state index contributed by atoms with van der Waals surface area (Å²) in [6.45, 7) is 4.00. The first-order valence-electron chi connectivity index (χ1n) is 6.83. The third-order valence-electron chi connectivity index (χ3n) is 3.45. The first kappa shape index (κ1) is 13.6. The molecule has 1 aliphatic rings. The minimum atomic E-state index is 0.124. The van der Waals surface area contributed by atoms with E-state index < -0.39 is 0 Å². The topological polar surface area (TPSA) is 84.1 Å². The highest BCUT2D eigenvalue weighted by molar-refractivity contribution is 5.81. The van der Waals surface area contributed by atoms with Crippen molar-refractivity contribution in [3.05, 3.63) is 11.9 Å². The predicted octanol–water partition coefficient (Wildman–Crippen LogP) is 1.05. The summed E-state index contributed by atoms with van der Waals surface area (Å²) in [5.74, 6) is 1.27. The third kappa shape index (κ3) is 3.33. The van der Waals surface area contributed by atoms with Crippen molar-refractivity contribution < 1.29 is 4.79 Å². The Morgan fingerprint density at radius 2 is 2.11 bits per heavy atom. The lowest BCUT2D eigenvalue weighted by Gasteiger charge is -2.27. The van der Waals surface area contributed by atoms with Gasteiger partial charge in [-0.05, 0) is 25.7 Å². The van der Waals surface area contributed by atoms with Crippen LogP contribution in [0.4, 0.5) is 11.6 Å². The number of piperidine rings is 1. The molecule has 0 unspecified atom stereocenters. The lowest BCUT2D eigenvalue weighted by Crippen LogP contribution is -2.39. The Balaban J connectivity index is 1.94. The van der Waals surface area contributed by atoms with Crippen LogP contribution in [0.25, 0.3) is 0 Å². The lowest BCUT2D eigenvalue weighted by atomic mass is 10.1. The van der Waals surface area contributed by atoms with Gasteiger partial charge in [-0.25, -0.2) is 9.97 Å². The van der Waals surface area contributed by atoms with E-state index >= 15 is 0 Å². The Morgan fingerprint density at radius 1 is 1.37 bits per heavy atom. The number of amides is 1. The van der Waals surface area contributed by atoms with Crippen molar-refractivity contribution in [1.29, 1.82) is 0 Å². The molecule has 3 N–H and O–H groups in total. The highest BCUT2D eigenvalue weighted by atomic mass is 16.2. The van der Waals surface area contributed by atoms with Gasteiger partial charge in [0.25, 0.3) is 0 Å². The van der Waals surface area contributed by atoms with Gasteiger partial charge in [0.1, 0.15) is 18.0 Å². The van der Waals surface area contributed by atoms with Gasteiger partial charge < -0.3 is 16.0 Å². The smallest absolute Gasteiger partial charge is 0.241 e. The number of hydrogen-bond acceptors (Lipinski definition) is 5. The van der Waals surface area contributed by atoms with Crippen LogP contribution in [-0.2, 0) is 11.2 Å². The number of likely N-dealkylation sites (tertiary alicyclic amines) is 1. The van der Waals surface area contributed by atoms with Crippen LogP contribution in [0, 0.1) is 0 Å². The number of aromatic nitrogens is 2. The summed E-state index contributed by atoms with van der Waals surface area (Å²) in [6.07, 6.45) is 5.59. The molecule has 19 heavy (non-hydrogen) atoms. The number of nitrogens with zero attached hydrogens (tertiary/aromatic N) is 3. The van der Waals surface area contributed by atoms with Crippen molar-refractivity contribution in [3.63, 3.8) is 0 Å².